The van der Waals surface area contributed by atoms with Crippen LogP contribution in [0.1, 0.15) is 39.0 Å². The first-order valence-electron chi connectivity index (χ1n) is 5.47. The second kappa shape index (κ2) is 3.37. The van der Waals surface area contributed by atoms with Crippen molar-refractivity contribution < 1.29 is 0 Å². The van der Waals surface area contributed by atoms with Gasteiger partial charge in [0.2, 0.25) is 0 Å². The molecular formula is C11H21N. The van der Waals surface area contributed by atoms with Gasteiger partial charge >= 0.3 is 0 Å². The Bertz CT molecular complexity index is 155. The Kier molecular flexibility index (Phi) is 2.40. The minimum atomic E-state index is 0.940. The predicted molar refractivity (Wildman–Crippen MR) is 52.2 cm³/mol. The van der Waals surface area contributed by atoms with Crippen LogP contribution in [-0.2, 0) is 0 Å². The molecule has 2 aliphatic rings. The predicted octanol–water partition coefficient (Wildman–Crippen LogP) is 2.52. The van der Waals surface area contributed by atoms with Gasteiger partial charge in [-0.25, -0.2) is 0 Å². The molecular weight excluding hydrogens is 146 g/mol. The molecule has 0 amide bonds. The van der Waals surface area contributed by atoms with E-state index in [-0.39, 0.29) is 0 Å². The minimum absolute atomic E-state index is 0.940. The molecule has 1 heterocycles. The van der Waals surface area contributed by atoms with Crippen molar-refractivity contribution in [2.75, 3.05) is 13.6 Å². The molecule has 0 radical (unpaired) electrons. The van der Waals surface area contributed by atoms with Crippen LogP contribution in [0.3, 0.4) is 0 Å². The van der Waals surface area contributed by atoms with Crippen LogP contribution in [0.4, 0.5) is 0 Å². The summed E-state index contributed by atoms with van der Waals surface area (Å²) in [5, 5.41) is 0. The van der Waals surface area contributed by atoms with E-state index in [0.717, 1.165) is 17.9 Å². The fourth-order valence-corrected chi connectivity index (χ4v) is 3.13. The molecule has 0 aromatic heterocycles. The lowest BCUT2D eigenvalue weighted by Crippen LogP contribution is -2.31. The van der Waals surface area contributed by atoms with Crippen molar-refractivity contribution in [3.05, 3.63) is 0 Å². The van der Waals surface area contributed by atoms with Crippen molar-refractivity contribution in [2.24, 2.45) is 11.8 Å². The highest BCUT2D eigenvalue weighted by Crippen LogP contribution is 2.37. The summed E-state index contributed by atoms with van der Waals surface area (Å²) in [6.45, 7) is 3.75. The molecule has 0 spiro atoms. The van der Waals surface area contributed by atoms with Crippen molar-refractivity contribution in [1.29, 1.82) is 0 Å². The van der Waals surface area contributed by atoms with Crippen molar-refractivity contribution in [3.8, 4) is 0 Å². The lowest BCUT2D eigenvalue weighted by atomic mass is 9.95. The molecule has 0 bridgehead atoms. The van der Waals surface area contributed by atoms with Gasteiger partial charge in [0, 0.05) is 6.04 Å². The van der Waals surface area contributed by atoms with Crippen LogP contribution in [0.15, 0.2) is 0 Å². The molecule has 1 saturated carbocycles. The smallest absolute Gasteiger partial charge is 0.0121 e. The Morgan fingerprint density at radius 2 is 2.00 bits per heavy atom. The highest BCUT2D eigenvalue weighted by molar-refractivity contribution is 4.87. The second-order valence-corrected chi connectivity index (χ2v) is 4.87. The summed E-state index contributed by atoms with van der Waals surface area (Å²) in [6, 6.07) is 0.940. The SMILES string of the molecule is CC1CCC(C2CCCN2C)C1. The number of rotatable bonds is 1. The highest BCUT2D eigenvalue weighted by Gasteiger charge is 2.33. The summed E-state index contributed by atoms with van der Waals surface area (Å²) in [6.07, 6.45) is 7.38. The fraction of sp³-hybridized carbons (Fsp3) is 1.00. The van der Waals surface area contributed by atoms with Gasteiger partial charge in [-0.1, -0.05) is 13.3 Å². The van der Waals surface area contributed by atoms with E-state index in [1.807, 2.05) is 0 Å². The Labute approximate surface area is 76.1 Å². The van der Waals surface area contributed by atoms with Crippen LogP contribution in [-0.4, -0.2) is 24.5 Å². The van der Waals surface area contributed by atoms with Gasteiger partial charge in [0.05, 0.1) is 0 Å². The summed E-state index contributed by atoms with van der Waals surface area (Å²) in [5.74, 6) is 2.04. The van der Waals surface area contributed by atoms with E-state index in [1.54, 1.807) is 0 Å². The Morgan fingerprint density at radius 1 is 1.17 bits per heavy atom. The average Bonchev–Trinajstić information content (AvgIpc) is 2.58. The van der Waals surface area contributed by atoms with Crippen LogP contribution < -0.4 is 0 Å². The number of likely N-dealkylation sites (tertiary alicyclic amines) is 1. The Balaban J connectivity index is 1.91. The zero-order chi connectivity index (χ0) is 8.55. The molecule has 70 valence electrons. The van der Waals surface area contributed by atoms with Crippen LogP contribution in [0, 0.1) is 11.8 Å². The van der Waals surface area contributed by atoms with Gasteiger partial charge in [-0.2, -0.15) is 0 Å². The van der Waals surface area contributed by atoms with Crippen molar-refractivity contribution >= 4 is 0 Å². The quantitative estimate of drug-likeness (QED) is 0.580. The number of hydrogen-bond donors (Lipinski definition) is 0. The first kappa shape index (κ1) is 8.55. The highest BCUT2D eigenvalue weighted by atomic mass is 15.1. The van der Waals surface area contributed by atoms with Gasteiger partial charge in [-0.15, -0.1) is 0 Å². The minimum Gasteiger partial charge on any atom is -0.303 e. The molecule has 0 N–H and O–H groups in total. The molecule has 0 aromatic rings. The first-order valence-corrected chi connectivity index (χ1v) is 5.47. The van der Waals surface area contributed by atoms with E-state index in [0.29, 0.717) is 0 Å². The fourth-order valence-electron chi connectivity index (χ4n) is 3.13. The van der Waals surface area contributed by atoms with E-state index in [2.05, 4.69) is 18.9 Å². The molecule has 2 rings (SSSR count). The van der Waals surface area contributed by atoms with E-state index >= 15 is 0 Å². The maximum absolute atomic E-state index is 2.59. The van der Waals surface area contributed by atoms with Gasteiger partial charge in [-0.3, -0.25) is 0 Å². The topological polar surface area (TPSA) is 3.24 Å². The monoisotopic (exact) mass is 167 g/mol. The average molecular weight is 167 g/mol. The second-order valence-electron chi connectivity index (χ2n) is 4.87. The van der Waals surface area contributed by atoms with Gasteiger partial charge < -0.3 is 4.90 Å². The van der Waals surface area contributed by atoms with Crippen LogP contribution in [0.5, 0.6) is 0 Å². The van der Waals surface area contributed by atoms with Crippen molar-refractivity contribution in [3.63, 3.8) is 0 Å². The normalized spacial score (nSPS) is 44.0. The van der Waals surface area contributed by atoms with Gasteiger partial charge in [0.15, 0.2) is 0 Å². The summed E-state index contributed by atoms with van der Waals surface area (Å²) in [5.41, 5.74) is 0. The van der Waals surface area contributed by atoms with Crippen LogP contribution in [0.2, 0.25) is 0 Å². The summed E-state index contributed by atoms with van der Waals surface area (Å²) in [4.78, 5) is 2.59. The standard InChI is InChI=1S/C11H21N/c1-9-5-6-10(8-9)11-4-3-7-12(11)2/h9-11H,3-8H2,1-2H3. The third-order valence-electron chi connectivity index (χ3n) is 3.86. The Hall–Kier alpha value is -0.0400. The third kappa shape index (κ3) is 1.52. The third-order valence-corrected chi connectivity index (χ3v) is 3.86. The molecule has 1 aliphatic heterocycles. The van der Waals surface area contributed by atoms with E-state index in [9.17, 15) is 0 Å². The molecule has 1 aliphatic carbocycles. The molecule has 1 heteroatoms. The van der Waals surface area contributed by atoms with Gasteiger partial charge in [0.25, 0.3) is 0 Å². The van der Waals surface area contributed by atoms with Crippen LogP contribution in [0.25, 0.3) is 0 Å². The maximum atomic E-state index is 2.59. The molecule has 12 heavy (non-hydrogen) atoms. The molecule has 1 nitrogen and oxygen atoms in total. The lowest BCUT2D eigenvalue weighted by Gasteiger charge is -2.25. The van der Waals surface area contributed by atoms with E-state index in [4.69, 9.17) is 0 Å². The van der Waals surface area contributed by atoms with E-state index < -0.39 is 0 Å². The number of nitrogens with zero attached hydrogens (tertiary/aromatic N) is 1. The lowest BCUT2D eigenvalue weighted by molar-refractivity contribution is 0.226. The zero-order valence-electron chi connectivity index (χ0n) is 8.42. The summed E-state index contributed by atoms with van der Waals surface area (Å²) < 4.78 is 0. The van der Waals surface area contributed by atoms with Gasteiger partial charge in [-0.05, 0) is 51.1 Å². The largest absolute Gasteiger partial charge is 0.303 e. The van der Waals surface area contributed by atoms with Crippen LogP contribution >= 0.6 is 0 Å². The molecule has 2 fully saturated rings. The molecule has 1 saturated heterocycles. The van der Waals surface area contributed by atoms with Crippen molar-refractivity contribution in [2.45, 2.75) is 45.1 Å². The first-order chi connectivity index (χ1) is 5.77. The van der Waals surface area contributed by atoms with E-state index in [1.165, 1.54) is 38.6 Å². The molecule has 0 aromatic carbocycles. The number of hydrogen-bond acceptors (Lipinski definition) is 1. The Morgan fingerprint density at radius 3 is 2.50 bits per heavy atom. The summed E-state index contributed by atoms with van der Waals surface area (Å²) in [7, 11) is 2.31. The zero-order valence-corrected chi connectivity index (χ0v) is 8.42. The van der Waals surface area contributed by atoms with Gasteiger partial charge in [0.1, 0.15) is 0 Å². The summed E-state index contributed by atoms with van der Waals surface area (Å²) >= 11 is 0. The molecule has 3 atom stereocenters. The van der Waals surface area contributed by atoms with Crippen molar-refractivity contribution in [1.82, 2.24) is 4.90 Å². The molecule has 3 unspecified atom stereocenters. The maximum Gasteiger partial charge on any atom is 0.0121 e.